The Bertz CT molecular complexity index is 1160. The summed E-state index contributed by atoms with van der Waals surface area (Å²) < 4.78 is 7.25. The molecule has 1 N–H and O–H groups in total. The fraction of sp³-hybridized carbons (Fsp3) is 0.368. The Balaban J connectivity index is 1.51. The molecule has 1 fully saturated rings. The first-order chi connectivity index (χ1) is 14.5. The van der Waals surface area contributed by atoms with Crippen LogP contribution in [-0.4, -0.2) is 46.4 Å². The van der Waals surface area contributed by atoms with Crippen molar-refractivity contribution < 1.29 is 9.53 Å². The lowest BCUT2D eigenvalue weighted by Gasteiger charge is -2.11. The van der Waals surface area contributed by atoms with Crippen LogP contribution in [0.15, 0.2) is 28.2 Å². The largest absolute Gasteiger partial charge is 0.495 e. The molecule has 3 aromatic rings. The highest BCUT2D eigenvalue weighted by atomic mass is 35.5. The number of methoxy groups -OCH3 is 1. The molecular weight excluding hydrogens is 446 g/mol. The van der Waals surface area contributed by atoms with Crippen LogP contribution in [0, 0.1) is 0 Å². The Morgan fingerprint density at radius 3 is 2.83 bits per heavy atom. The van der Waals surface area contributed by atoms with Crippen LogP contribution < -0.4 is 20.5 Å². The number of carbonyl (C=O) groups excluding carboxylic acids is 1. The van der Waals surface area contributed by atoms with Gasteiger partial charge in [-0.2, -0.15) is 4.98 Å². The fourth-order valence-corrected chi connectivity index (χ4v) is 5.15. The molecule has 1 aromatic carbocycles. The summed E-state index contributed by atoms with van der Waals surface area (Å²) in [6.07, 6.45) is 2.27. The van der Waals surface area contributed by atoms with Gasteiger partial charge in [-0.05, 0) is 31.0 Å². The van der Waals surface area contributed by atoms with Crippen molar-refractivity contribution in [2.45, 2.75) is 18.0 Å². The van der Waals surface area contributed by atoms with E-state index in [9.17, 15) is 9.59 Å². The summed E-state index contributed by atoms with van der Waals surface area (Å²) in [4.78, 5) is 36.5. The summed E-state index contributed by atoms with van der Waals surface area (Å²) in [6.45, 7) is 1.91. The minimum atomic E-state index is -0.258. The van der Waals surface area contributed by atoms with Crippen molar-refractivity contribution in [1.82, 2.24) is 14.5 Å². The zero-order chi connectivity index (χ0) is 21.3. The van der Waals surface area contributed by atoms with Crippen LogP contribution in [0.2, 0.25) is 5.02 Å². The molecule has 30 heavy (non-hydrogen) atoms. The highest BCUT2D eigenvalue weighted by Gasteiger charge is 2.20. The van der Waals surface area contributed by atoms with Gasteiger partial charge in [0.15, 0.2) is 15.9 Å². The van der Waals surface area contributed by atoms with E-state index in [1.54, 1.807) is 25.2 Å². The van der Waals surface area contributed by atoms with Gasteiger partial charge < -0.3 is 15.0 Å². The third-order valence-electron chi connectivity index (χ3n) is 4.73. The number of fused-ring (bicyclic) bond motifs is 1. The van der Waals surface area contributed by atoms with Gasteiger partial charge in [-0.1, -0.05) is 34.7 Å². The number of aromatic nitrogens is 3. The monoisotopic (exact) mass is 465 g/mol. The van der Waals surface area contributed by atoms with Gasteiger partial charge >= 0.3 is 0 Å². The Hall–Kier alpha value is -2.30. The summed E-state index contributed by atoms with van der Waals surface area (Å²) in [7, 11) is 3.18. The first-order valence-electron chi connectivity index (χ1n) is 9.35. The van der Waals surface area contributed by atoms with E-state index in [0.29, 0.717) is 32.0 Å². The van der Waals surface area contributed by atoms with Gasteiger partial charge in [0.05, 0.1) is 18.6 Å². The summed E-state index contributed by atoms with van der Waals surface area (Å²) in [5.41, 5.74) is 0.773. The average molecular weight is 466 g/mol. The van der Waals surface area contributed by atoms with Crippen LogP contribution in [0.4, 0.5) is 10.8 Å². The molecule has 1 amide bonds. The molecule has 0 spiro atoms. The second-order valence-corrected chi connectivity index (χ2v) is 9.14. The number of carbonyl (C=O) groups is 1. The van der Waals surface area contributed by atoms with Crippen molar-refractivity contribution in [3.05, 3.63) is 33.6 Å². The molecule has 1 aliphatic heterocycles. The molecule has 8 nitrogen and oxygen atoms in total. The lowest BCUT2D eigenvalue weighted by atomic mass is 10.3. The lowest BCUT2D eigenvalue weighted by molar-refractivity contribution is -0.113. The predicted molar refractivity (Wildman–Crippen MR) is 121 cm³/mol. The Morgan fingerprint density at radius 1 is 1.33 bits per heavy atom. The number of anilines is 2. The first kappa shape index (κ1) is 21.0. The Morgan fingerprint density at radius 2 is 2.10 bits per heavy atom. The van der Waals surface area contributed by atoms with Gasteiger partial charge in [-0.3, -0.25) is 14.2 Å². The standard InChI is InChI=1S/C19H20ClN5O3S2/c1-24-17(27)15-16(23-19(30-15)25-7-3-4-8-25)22-18(24)29-10-14(26)21-12-9-11(20)5-6-13(12)28-2/h5-6,9H,3-4,7-8,10H2,1-2H3,(H,21,26). The van der Waals surface area contributed by atoms with Crippen molar-refractivity contribution in [1.29, 1.82) is 0 Å². The minimum absolute atomic E-state index is 0.0740. The third-order valence-corrected chi connectivity index (χ3v) is 7.09. The molecule has 11 heteroatoms. The van der Waals surface area contributed by atoms with E-state index in [4.69, 9.17) is 16.3 Å². The molecule has 4 rings (SSSR count). The van der Waals surface area contributed by atoms with Gasteiger partial charge in [0, 0.05) is 25.2 Å². The quantitative estimate of drug-likeness (QED) is 0.441. The number of hydrogen-bond acceptors (Lipinski definition) is 8. The number of halogens is 1. The fourth-order valence-electron chi connectivity index (χ4n) is 3.19. The van der Waals surface area contributed by atoms with Crippen molar-refractivity contribution in [2.75, 3.05) is 36.2 Å². The third kappa shape index (κ3) is 4.26. The predicted octanol–water partition coefficient (Wildman–Crippen LogP) is 3.38. The van der Waals surface area contributed by atoms with E-state index in [1.807, 2.05) is 0 Å². The van der Waals surface area contributed by atoms with Gasteiger partial charge in [0.2, 0.25) is 5.91 Å². The molecule has 2 aromatic heterocycles. The van der Waals surface area contributed by atoms with Crippen molar-refractivity contribution in [3.63, 3.8) is 0 Å². The molecule has 0 radical (unpaired) electrons. The molecule has 0 atom stereocenters. The molecule has 1 saturated heterocycles. The van der Waals surface area contributed by atoms with E-state index in [0.717, 1.165) is 31.1 Å². The number of rotatable bonds is 6. The molecule has 0 bridgehead atoms. The zero-order valence-electron chi connectivity index (χ0n) is 16.5. The van der Waals surface area contributed by atoms with Gasteiger partial charge in [-0.25, -0.2) is 4.98 Å². The zero-order valence-corrected chi connectivity index (χ0v) is 18.9. The van der Waals surface area contributed by atoms with Crippen molar-refractivity contribution in [2.24, 2.45) is 7.05 Å². The van der Waals surface area contributed by atoms with Crippen LogP contribution >= 0.6 is 34.7 Å². The summed E-state index contributed by atoms with van der Waals surface area (Å²) in [5, 5.41) is 4.55. The molecule has 0 unspecified atom stereocenters. The summed E-state index contributed by atoms with van der Waals surface area (Å²) in [6, 6.07) is 4.99. The maximum Gasteiger partial charge on any atom is 0.273 e. The number of benzene rings is 1. The Kier molecular flexibility index (Phi) is 6.16. The van der Waals surface area contributed by atoms with E-state index in [2.05, 4.69) is 20.2 Å². The van der Waals surface area contributed by atoms with E-state index < -0.39 is 0 Å². The smallest absolute Gasteiger partial charge is 0.273 e. The summed E-state index contributed by atoms with van der Waals surface area (Å²) >= 11 is 8.56. The number of hydrogen-bond donors (Lipinski definition) is 1. The average Bonchev–Trinajstić information content (AvgIpc) is 3.39. The van der Waals surface area contributed by atoms with Crippen LogP contribution in [0.3, 0.4) is 0 Å². The molecular formula is C19H20ClN5O3S2. The molecule has 3 heterocycles. The number of ether oxygens (including phenoxy) is 1. The van der Waals surface area contributed by atoms with Gasteiger partial charge in [0.1, 0.15) is 10.4 Å². The normalized spacial score (nSPS) is 13.8. The van der Waals surface area contributed by atoms with E-state index >= 15 is 0 Å². The summed E-state index contributed by atoms with van der Waals surface area (Å²) in [5.74, 6) is 0.331. The SMILES string of the molecule is COc1ccc(Cl)cc1NC(=O)CSc1nc2nc(N3CCCC3)sc2c(=O)n1C. The second kappa shape index (κ2) is 8.83. The highest BCUT2D eigenvalue weighted by Crippen LogP contribution is 2.30. The first-order valence-corrected chi connectivity index (χ1v) is 11.5. The minimum Gasteiger partial charge on any atom is -0.495 e. The van der Waals surface area contributed by atoms with E-state index in [-0.39, 0.29) is 17.2 Å². The van der Waals surface area contributed by atoms with Crippen LogP contribution in [0.1, 0.15) is 12.8 Å². The van der Waals surface area contributed by atoms with Crippen LogP contribution in [0.25, 0.3) is 10.3 Å². The number of thioether (sulfide) groups is 1. The number of thiazole rings is 1. The van der Waals surface area contributed by atoms with Gasteiger partial charge in [0.25, 0.3) is 5.56 Å². The number of nitrogens with one attached hydrogen (secondary N) is 1. The molecule has 0 aliphatic carbocycles. The van der Waals surface area contributed by atoms with Crippen LogP contribution in [-0.2, 0) is 11.8 Å². The van der Waals surface area contributed by atoms with Gasteiger partial charge in [-0.15, -0.1) is 0 Å². The maximum atomic E-state index is 12.8. The Labute approximate surface area is 186 Å². The van der Waals surface area contributed by atoms with E-state index in [1.165, 1.54) is 34.8 Å². The molecule has 0 saturated carbocycles. The lowest BCUT2D eigenvalue weighted by Crippen LogP contribution is -2.21. The van der Waals surface area contributed by atoms with Crippen molar-refractivity contribution >= 4 is 61.8 Å². The van der Waals surface area contributed by atoms with Crippen LogP contribution in [0.5, 0.6) is 5.75 Å². The maximum absolute atomic E-state index is 12.8. The topological polar surface area (TPSA) is 89.3 Å². The molecule has 158 valence electrons. The van der Waals surface area contributed by atoms with Crippen molar-refractivity contribution in [3.8, 4) is 5.75 Å². The number of amides is 1. The number of nitrogens with zero attached hydrogens (tertiary/aromatic N) is 4. The highest BCUT2D eigenvalue weighted by molar-refractivity contribution is 7.99. The molecule has 1 aliphatic rings. The second-order valence-electron chi connectivity index (χ2n) is 6.78.